The molecule has 8 nitrogen and oxygen atoms in total. The third-order valence-electron chi connectivity index (χ3n) is 7.23. The van der Waals surface area contributed by atoms with Crippen molar-refractivity contribution in [3.8, 4) is 5.75 Å². The summed E-state index contributed by atoms with van der Waals surface area (Å²) in [5, 5.41) is 1.34. The second-order valence-electron chi connectivity index (χ2n) is 9.37. The summed E-state index contributed by atoms with van der Waals surface area (Å²) in [7, 11) is 0. The molecular formula is C25H22BrClN4O4. The molecule has 1 aromatic carbocycles. The zero-order chi connectivity index (χ0) is 24.3. The molecule has 0 amide bonds. The van der Waals surface area contributed by atoms with Gasteiger partial charge in [0.2, 0.25) is 0 Å². The molecule has 4 heterocycles. The van der Waals surface area contributed by atoms with E-state index in [9.17, 15) is 4.79 Å². The van der Waals surface area contributed by atoms with Gasteiger partial charge in [-0.2, -0.15) is 0 Å². The Labute approximate surface area is 215 Å². The first-order valence-corrected chi connectivity index (χ1v) is 12.6. The Kier molecular flexibility index (Phi) is 5.54. The molecular weight excluding hydrogens is 536 g/mol. The largest absolute Gasteiger partial charge is 0.490 e. The topological polar surface area (TPSA) is 95.8 Å². The smallest absolute Gasteiger partial charge is 0.303 e. The van der Waals surface area contributed by atoms with Crippen LogP contribution in [-0.4, -0.2) is 51.0 Å². The Balaban J connectivity index is 1.21. The van der Waals surface area contributed by atoms with Gasteiger partial charge >= 0.3 is 5.97 Å². The summed E-state index contributed by atoms with van der Waals surface area (Å²) in [5.74, 6) is 0.129. The van der Waals surface area contributed by atoms with Gasteiger partial charge in [0.1, 0.15) is 36.1 Å². The average Bonchev–Trinajstić information content (AvgIpc) is 3.34. The number of hydrogen-bond acceptors (Lipinski definition) is 8. The van der Waals surface area contributed by atoms with Gasteiger partial charge in [-0.15, -0.1) is 0 Å². The van der Waals surface area contributed by atoms with Gasteiger partial charge < -0.3 is 14.2 Å². The number of benzene rings is 1. The fourth-order valence-electron chi connectivity index (χ4n) is 5.47. The number of ether oxygens (including phenoxy) is 3. The fourth-order valence-corrected chi connectivity index (χ4v) is 6.01. The van der Waals surface area contributed by atoms with E-state index >= 15 is 0 Å². The van der Waals surface area contributed by atoms with Crippen molar-refractivity contribution >= 4 is 56.3 Å². The van der Waals surface area contributed by atoms with Crippen LogP contribution in [-0.2, 0) is 14.3 Å². The highest BCUT2D eigenvalue weighted by atomic mass is 79.9. The highest BCUT2D eigenvalue weighted by Crippen LogP contribution is 2.55. The molecule has 2 aromatic heterocycles. The van der Waals surface area contributed by atoms with Gasteiger partial charge in [0.15, 0.2) is 5.15 Å². The van der Waals surface area contributed by atoms with Crippen LogP contribution in [0.2, 0.25) is 5.15 Å². The minimum absolute atomic E-state index is 0.0108. The summed E-state index contributed by atoms with van der Waals surface area (Å²) in [4.78, 5) is 29.3. The van der Waals surface area contributed by atoms with Gasteiger partial charge in [-0.05, 0) is 34.1 Å². The van der Waals surface area contributed by atoms with Crippen molar-refractivity contribution in [2.75, 3.05) is 0 Å². The van der Waals surface area contributed by atoms with Crippen LogP contribution in [0.3, 0.4) is 0 Å². The lowest BCUT2D eigenvalue weighted by Gasteiger charge is -2.47. The molecule has 2 unspecified atom stereocenters. The summed E-state index contributed by atoms with van der Waals surface area (Å²) in [5.41, 5.74) is 1.66. The fraction of sp³-hybridized carbons (Fsp3) is 0.400. The average molecular weight is 558 g/mol. The van der Waals surface area contributed by atoms with Crippen LogP contribution in [0.1, 0.15) is 38.3 Å². The van der Waals surface area contributed by atoms with Crippen LogP contribution in [0.4, 0.5) is 5.69 Å². The van der Waals surface area contributed by atoms with Crippen LogP contribution in [0.15, 0.2) is 46.3 Å². The molecule has 1 aliphatic carbocycles. The Morgan fingerprint density at radius 1 is 1.23 bits per heavy atom. The molecule has 1 spiro atoms. The zero-order valence-corrected chi connectivity index (χ0v) is 21.4. The number of aliphatic imine (C=N–C) groups is 1. The highest BCUT2D eigenvalue weighted by Gasteiger charge is 2.63. The maximum absolute atomic E-state index is 12.0. The molecule has 35 heavy (non-hydrogen) atoms. The number of pyridine rings is 1. The Morgan fingerprint density at radius 3 is 2.86 bits per heavy atom. The lowest BCUT2D eigenvalue weighted by Crippen LogP contribution is -2.54. The van der Waals surface area contributed by atoms with Crippen LogP contribution >= 0.6 is 27.5 Å². The van der Waals surface area contributed by atoms with E-state index in [-0.39, 0.29) is 23.9 Å². The minimum Gasteiger partial charge on any atom is -0.490 e. The maximum Gasteiger partial charge on any atom is 0.303 e. The van der Waals surface area contributed by atoms with E-state index in [1.807, 2.05) is 24.3 Å². The molecule has 1 saturated heterocycles. The van der Waals surface area contributed by atoms with E-state index < -0.39 is 17.8 Å². The van der Waals surface area contributed by atoms with Gasteiger partial charge in [0, 0.05) is 54.0 Å². The van der Waals surface area contributed by atoms with Crippen molar-refractivity contribution in [3.05, 3.63) is 52.1 Å². The summed E-state index contributed by atoms with van der Waals surface area (Å²) in [6.07, 6.45) is 5.47. The predicted octanol–water partition coefficient (Wildman–Crippen LogP) is 5.19. The van der Waals surface area contributed by atoms with Crippen LogP contribution in [0.25, 0.3) is 10.9 Å². The molecule has 0 N–H and O–H groups in total. The Bertz CT molecular complexity index is 1360. The quantitative estimate of drug-likeness (QED) is 0.322. The minimum atomic E-state index is -0.456. The zero-order valence-electron chi connectivity index (χ0n) is 19.0. The number of nitrogens with zero attached hydrogens (tertiary/aromatic N) is 4. The first-order chi connectivity index (χ1) is 16.8. The second kappa shape index (κ2) is 8.50. The number of carbonyl (C=O) groups is 1. The Morgan fingerprint density at radius 2 is 2.06 bits per heavy atom. The summed E-state index contributed by atoms with van der Waals surface area (Å²) in [6, 6.07) is 7.93. The molecule has 1 saturated carbocycles. The number of carbonyl (C=O) groups excluding carboxylic acids is 1. The van der Waals surface area contributed by atoms with E-state index in [0.717, 1.165) is 21.1 Å². The third kappa shape index (κ3) is 3.90. The lowest BCUT2D eigenvalue weighted by molar-refractivity contribution is -0.156. The normalized spacial score (nSPS) is 30.9. The second-order valence-corrected chi connectivity index (χ2v) is 10.6. The number of aromatic nitrogens is 3. The van der Waals surface area contributed by atoms with E-state index in [1.165, 1.54) is 13.3 Å². The van der Waals surface area contributed by atoms with E-state index in [4.69, 9.17) is 25.8 Å². The molecule has 0 bridgehead atoms. The van der Waals surface area contributed by atoms with Gasteiger partial charge in [-0.25, -0.2) is 9.97 Å². The summed E-state index contributed by atoms with van der Waals surface area (Å²) < 4.78 is 19.7. The van der Waals surface area contributed by atoms with Crippen molar-refractivity contribution < 1.29 is 19.0 Å². The molecule has 2 fully saturated rings. The van der Waals surface area contributed by atoms with Crippen molar-refractivity contribution in [2.24, 2.45) is 10.9 Å². The molecule has 2 aliphatic heterocycles. The van der Waals surface area contributed by atoms with Gasteiger partial charge in [0.25, 0.3) is 0 Å². The van der Waals surface area contributed by atoms with Crippen molar-refractivity contribution in [3.63, 3.8) is 0 Å². The van der Waals surface area contributed by atoms with Gasteiger partial charge in [0.05, 0.1) is 22.7 Å². The molecule has 10 heteroatoms. The number of esters is 1. The number of halogens is 2. The van der Waals surface area contributed by atoms with Crippen LogP contribution < -0.4 is 4.74 Å². The lowest BCUT2D eigenvalue weighted by atomic mass is 9.69. The maximum atomic E-state index is 12.0. The molecule has 3 aliphatic rings. The number of hydrogen-bond donors (Lipinski definition) is 0. The molecule has 6 rings (SSSR count). The first kappa shape index (κ1) is 22.8. The molecule has 180 valence electrons. The van der Waals surface area contributed by atoms with Crippen molar-refractivity contribution in [1.82, 2.24) is 15.0 Å². The van der Waals surface area contributed by atoms with Crippen molar-refractivity contribution in [1.29, 1.82) is 0 Å². The molecule has 3 aromatic rings. The van der Waals surface area contributed by atoms with E-state index in [0.29, 0.717) is 29.4 Å². The molecule has 0 radical (unpaired) electrons. The summed E-state index contributed by atoms with van der Waals surface area (Å²) >= 11 is 9.66. The van der Waals surface area contributed by atoms with Crippen LogP contribution in [0, 0.1) is 5.92 Å². The van der Waals surface area contributed by atoms with Gasteiger partial charge in [-0.3, -0.25) is 14.8 Å². The standard InChI is InChI=1S/C25H22BrClN4O4/c1-12-22(33-13(2)32)23(18-10-29-21-20(18)30-11-31-24(21)27)35-25(12)7-17(8-25)34-16-4-3-14-5-15(26)9-28-19(14)6-16/h3-6,9-12,17-18,22-23H,7-8H2,1-2H3/t12-,17?,18?,22?,23-,25?/m0/s1. The van der Waals surface area contributed by atoms with Crippen LogP contribution in [0.5, 0.6) is 5.75 Å². The Hall–Kier alpha value is -2.62. The van der Waals surface area contributed by atoms with Crippen molar-refractivity contribution in [2.45, 2.75) is 56.5 Å². The van der Waals surface area contributed by atoms with E-state index in [2.05, 4.69) is 42.8 Å². The SMILES string of the molecule is CC(=O)OC1[C@H](C2C=Nc3c(Cl)ncnc32)OC2(CC(Oc3ccc4cc(Br)cnc4c3)C2)[C@H]1C. The number of fused-ring (bicyclic) bond motifs is 2. The predicted molar refractivity (Wildman–Crippen MR) is 133 cm³/mol. The molecule has 4 atom stereocenters. The highest BCUT2D eigenvalue weighted by molar-refractivity contribution is 9.10. The monoisotopic (exact) mass is 556 g/mol. The first-order valence-electron chi connectivity index (χ1n) is 11.4. The van der Waals surface area contributed by atoms with E-state index in [1.54, 1.807) is 12.4 Å². The summed E-state index contributed by atoms with van der Waals surface area (Å²) in [6.45, 7) is 3.49. The number of rotatable bonds is 4. The van der Waals surface area contributed by atoms with Gasteiger partial charge in [-0.1, -0.05) is 18.5 Å². The third-order valence-corrected chi connectivity index (χ3v) is 7.94.